The number of rotatable bonds is 8. The quantitative estimate of drug-likeness (QED) is 0.542. The van der Waals surface area contributed by atoms with Gasteiger partial charge in [0.05, 0.1) is 6.42 Å². The van der Waals surface area contributed by atoms with E-state index >= 15 is 0 Å². The summed E-state index contributed by atoms with van der Waals surface area (Å²) in [6.45, 7) is 1.85. The van der Waals surface area contributed by atoms with Crippen molar-refractivity contribution in [3.8, 4) is 0 Å². The van der Waals surface area contributed by atoms with Crippen LogP contribution in [0, 0.1) is 0 Å². The number of aromatic amines is 1. The Bertz CT molecular complexity index is 856. The van der Waals surface area contributed by atoms with E-state index in [-0.39, 0.29) is 12.3 Å². The maximum atomic E-state index is 12.3. The first-order valence-electron chi connectivity index (χ1n) is 8.69. The molecule has 3 rings (SSSR count). The van der Waals surface area contributed by atoms with Gasteiger partial charge in [0.15, 0.2) is 5.82 Å². The molecule has 0 radical (unpaired) electrons. The van der Waals surface area contributed by atoms with E-state index in [1.165, 1.54) is 0 Å². The Morgan fingerprint density at radius 1 is 1.12 bits per heavy atom. The number of carbonyl (C=O) groups excluding carboxylic acids is 1. The summed E-state index contributed by atoms with van der Waals surface area (Å²) in [5.74, 6) is 1.04. The zero-order chi connectivity index (χ0) is 18.4. The summed E-state index contributed by atoms with van der Waals surface area (Å²) < 4.78 is 0. The first-order valence-corrected chi connectivity index (χ1v) is 8.69. The van der Waals surface area contributed by atoms with Crippen LogP contribution in [0.4, 0.5) is 11.6 Å². The van der Waals surface area contributed by atoms with Crippen molar-refractivity contribution in [3.05, 3.63) is 48.2 Å². The minimum absolute atomic E-state index is 0.115. The van der Waals surface area contributed by atoms with Crippen LogP contribution in [0.1, 0.15) is 12.0 Å². The Labute approximate surface area is 152 Å². The Morgan fingerprint density at radius 2 is 1.88 bits per heavy atom. The van der Waals surface area contributed by atoms with E-state index in [1.54, 1.807) is 6.07 Å². The van der Waals surface area contributed by atoms with Crippen molar-refractivity contribution in [2.75, 3.05) is 37.8 Å². The molecule has 1 amide bonds. The fraction of sp³-hybridized carbons (Fsp3) is 0.316. The van der Waals surface area contributed by atoms with E-state index < -0.39 is 0 Å². The van der Waals surface area contributed by atoms with Crippen molar-refractivity contribution in [1.82, 2.24) is 20.1 Å². The van der Waals surface area contributed by atoms with Crippen molar-refractivity contribution < 1.29 is 4.79 Å². The molecule has 0 aliphatic rings. The number of benzene rings is 1. The molecule has 0 aliphatic carbocycles. The van der Waals surface area contributed by atoms with E-state index in [4.69, 9.17) is 0 Å². The second-order valence-electron chi connectivity index (χ2n) is 6.47. The molecule has 0 unspecified atom stereocenters. The lowest BCUT2D eigenvalue weighted by atomic mass is 10.1. The molecule has 7 nitrogen and oxygen atoms in total. The number of H-pyrrole nitrogens is 1. The minimum atomic E-state index is -0.115. The van der Waals surface area contributed by atoms with Gasteiger partial charge in [0.2, 0.25) is 5.91 Å². The maximum Gasteiger partial charge on any atom is 0.230 e. The summed E-state index contributed by atoms with van der Waals surface area (Å²) in [6, 6.07) is 11.5. The third kappa shape index (κ3) is 4.80. The largest absolute Gasteiger partial charge is 0.369 e. The summed E-state index contributed by atoms with van der Waals surface area (Å²) in [7, 11) is 4.10. The average Bonchev–Trinajstić information content (AvgIpc) is 3.03. The Morgan fingerprint density at radius 3 is 2.65 bits per heavy atom. The van der Waals surface area contributed by atoms with Gasteiger partial charge < -0.3 is 20.5 Å². The minimum Gasteiger partial charge on any atom is -0.369 e. The van der Waals surface area contributed by atoms with E-state index in [9.17, 15) is 4.79 Å². The first kappa shape index (κ1) is 17.9. The molecule has 0 saturated heterocycles. The number of amides is 1. The monoisotopic (exact) mass is 352 g/mol. The van der Waals surface area contributed by atoms with Gasteiger partial charge in [-0.15, -0.1) is 10.2 Å². The summed E-state index contributed by atoms with van der Waals surface area (Å²) in [5, 5.41) is 15.2. The predicted molar refractivity (Wildman–Crippen MR) is 104 cm³/mol. The third-order valence-corrected chi connectivity index (χ3v) is 4.05. The summed E-state index contributed by atoms with van der Waals surface area (Å²) in [6.07, 6.45) is 3.19. The molecule has 3 aromatic rings. The van der Waals surface area contributed by atoms with Crippen LogP contribution in [-0.4, -0.2) is 53.2 Å². The number of para-hydroxylation sites is 1. The van der Waals surface area contributed by atoms with E-state index in [0.717, 1.165) is 36.0 Å². The van der Waals surface area contributed by atoms with Gasteiger partial charge in [-0.05, 0) is 50.8 Å². The van der Waals surface area contributed by atoms with Crippen molar-refractivity contribution in [1.29, 1.82) is 0 Å². The van der Waals surface area contributed by atoms with Crippen molar-refractivity contribution in [2.24, 2.45) is 0 Å². The smallest absolute Gasteiger partial charge is 0.230 e. The van der Waals surface area contributed by atoms with Crippen LogP contribution in [0.25, 0.3) is 10.9 Å². The fourth-order valence-corrected chi connectivity index (χ4v) is 2.74. The van der Waals surface area contributed by atoms with Gasteiger partial charge in [0, 0.05) is 23.6 Å². The summed E-state index contributed by atoms with van der Waals surface area (Å²) in [4.78, 5) is 17.6. The molecule has 7 heteroatoms. The molecule has 2 heterocycles. The van der Waals surface area contributed by atoms with E-state index in [2.05, 4.69) is 30.7 Å². The molecule has 2 aromatic heterocycles. The molecule has 0 saturated carbocycles. The first-order chi connectivity index (χ1) is 12.6. The second-order valence-corrected chi connectivity index (χ2v) is 6.47. The number of carbonyl (C=O) groups is 1. The second kappa shape index (κ2) is 8.44. The normalized spacial score (nSPS) is 11.0. The summed E-state index contributed by atoms with van der Waals surface area (Å²) >= 11 is 0. The number of nitrogens with zero attached hydrogens (tertiary/aromatic N) is 3. The maximum absolute atomic E-state index is 12.3. The molecule has 0 bridgehead atoms. The standard InChI is InChI=1S/C19H24N6O/c1-25(2)11-5-10-20-17-8-9-18(24-23-17)22-19(26)12-14-13-21-16-7-4-3-6-15(14)16/h3-4,6-9,13,21H,5,10-12H2,1-2H3,(H,20,23)(H,22,24,26). The average molecular weight is 352 g/mol. The van der Waals surface area contributed by atoms with Crippen LogP contribution < -0.4 is 10.6 Å². The van der Waals surface area contributed by atoms with Crippen LogP contribution in [-0.2, 0) is 11.2 Å². The number of aromatic nitrogens is 3. The summed E-state index contributed by atoms with van der Waals surface area (Å²) in [5.41, 5.74) is 1.99. The Kier molecular flexibility index (Phi) is 5.80. The van der Waals surface area contributed by atoms with Crippen LogP contribution >= 0.6 is 0 Å². The molecule has 0 spiro atoms. The van der Waals surface area contributed by atoms with Gasteiger partial charge in [0.25, 0.3) is 0 Å². The molecule has 0 aliphatic heterocycles. The van der Waals surface area contributed by atoms with Crippen molar-refractivity contribution >= 4 is 28.4 Å². The van der Waals surface area contributed by atoms with Crippen LogP contribution in [0.2, 0.25) is 0 Å². The van der Waals surface area contributed by atoms with Gasteiger partial charge in [-0.25, -0.2) is 0 Å². The van der Waals surface area contributed by atoms with Gasteiger partial charge >= 0.3 is 0 Å². The van der Waals surface area contributed by atoms with Gasteiger partial charge in [-0.1, -0.05) is 18.2 Å². The predicted octanol–water partition coefficient (Wildman–Crippen LogP) is 2.50. The van der Waals surface area contributed by atoms with Gasteiger partial charge in [-0.2, -0.15) is 0 Å². The zero-order valence-electron chi connectivity index (χ0n) is 15.1. The highest BCUT2D eigenvalue weighted by atomic mass is 16.1. The SMILES string of the molecule is CN(C)CCCNc1ccc(NC(=O)Cc2c[nH]c3ccccc23)nn1. The molecule has 26 heavy (non-hydrogen) atoms. The fourth-order valence-electron chi connectivity index (χ4n) is 2.74. The van der Waals surface area contributed by atoms with Crippen LogP contribution in [0.15, 0.2) is 42.6 Å². The lowest BCUT2D eigenvalue weighted by Crippen LogP contribution is -2.17. The number of nitrogens with one attached hydrogen (secondary N) is 3. The molecular weight excluding hydrogens is 328 g/mol. The molecule has 3 N–H and O–H groups in total. The van der Waals surface area contributed by atoms with Gasteiger partial charge in [0.1, 0.15) is 5.82 Å². The molecule has 0 atom stereocenters. The number of hydrogen-bond donors (Lipinski definition) is 3. The van der Waals surface area contributed by atoms with Crippen molar-refractivity contribution in [2.45, 2.75) is 12.8 Å². The molecule has 0 fully saturated rings. The van der Waals surface area contributed by atoms with E-state index in [1.807, 2.05) is 50.6 Å². The van der Waals surface area contributed by atoms with Crippen LogP contribution in [0.3, 0.4) is 0 Å². The Balaban J connectivity index is 1.51. The topological polar surface area (TPSA) is 85.9 Å². The lowest BCUT2D eigenvalue weighted by Gasteiger charge is -2.10. The number of fused-ring (bicyclic) bond motifs is 1. The Hall–Kier alpha value is -2.93. The van der Waals surface area contributed by atoms with Gasteiger partial charge in [-0.3, -0.25) is 4.79 Å². The molecule has 136 valence electrons. The zero-order valence-corrected chi connectivity index (χ0v) is 15.1. The van der Waals surface area contributed by atoms with E-state index in [0.29, 0.717) is 11.6 Å². The highest BCUT2D eigenvalue weighted by Crippen LogP contribution is 2.18. The highest BCUT2D eigenvalue weighted by molar-refractivity contribution is 5.95. The number of hydrogen-bond acceptors (Lipinski definition) is 5. The molecule has 1 aromatic carbocycles. The van der Waals surface area contributed by atoms with Crippen LogP contribution in [0.5, 0.6) is 0 Å². The number of anilines is 2. The third-order valence-electron chi connectivity index (χ3n) is 4.05. The highest BCUT2D eigenvalue weighted by Gasteiger charge is 2.09. The lowest BCUT2D eigenvalue weighted by molar-refractivity contribution is -0.115. The molecular formula is C19H24N6O. The van der Waals surface area contributed by atoms with Crippen molar-refractivity contribution in [3.63, 3.8) is 0 Å².